The van der Waals surface area contributed by atoms with Gasteiger partial charge in [0, 0.05) is 12.6 Å². The van der Waals surface area contributed by atoms with Crippen molar-refractivity contribution in [3.05, 3.63) is 0 Å². The number of aliphatic hydroxyl groups excluding tert-OH is 3. The molecule has 1 aliphatic heterocycles. The van der Waals surface area contributed by atoms with Gasteiger partial charge in [0.25, 0.3) is 0 Å². The summed E-state index contributed by atoms with van der Waals surface area (Å²) >= 11 is 0. The summed E-state index contributed by atoms with van der Waals surface area (Å²) in [5.74, 6) is 0. The van der Waals surface area contributed by atoms with Crippen LogP contribution >= 0.6 is 0 Å². The van der Waals surface area contributed by atoms with Gasteiger partial charge in [0.2, 0.25) is 0 Å². The van der Waals surface area contributed by atoms with Gasteiger partial charge in [-0.3, -0.25) is 0 Å². The highest BCUT2D eigenvalue weighted by Gasteiger charge is 2.27. The second-order valence-electron chi connectivity index (χ2n) is 2.65. The molecule has 0 amide bonds. The molecule has 0 aromatic carbocycles. The van der Waals surface area contributed by atoms with E-state index in [1.165, 1.54) is 0 Å². The minimum absolute atomic E-state index is 0.139. The third-order valence-electron chi connectivity index (χ3n) is 1.79. The Balaban J connectivity index is 2.29. The van der Waals surface area contributed by atoms with Crippen LogP contribution in [0.5, 0.6) is 0 Å². The molecule has 60 valence electrons. The fourth-order valence-electron chi connectivity index (χ4n) is 1.17. The lowest BCUT2D eigenvalue weighted by atomic mass is 10.1. The third kappa shape index (κ3) is 1.67. The van der Waals surface area contributed by atoms with Crippen LogP contribution in [-0.2, 0) is 0 Å². The third-order valence-corrected chi connectivity index (χ3v) is 1.79. The Bertz CT molecular complexity index is 109. The summed E-state index contributed by atoms with van der Waals surface area (Å²) in [6.45, 7) is 0.270. The normalized spacial score (nSPS) is 36.3. The van der Waals surface area contributed by atoms with Crippen LogP contribution in [0.15, 0.2) is 0 Å². The predicted octanol–water partition coefficient (Wildman–Crippen LogP) is -1.94. The summed E-state index contributed by atoms with van der Waals surface area (Å²) in [5.41, 5.74) is 0. The highest BCUT2D eigenvalue weighted by atomic mass is 16.3. The zero-order valence-electron chi connectivity index (χ0n) is 5.70. The van der Waals surface area contributed by atoms with Gasteiger partial charge in [-0.1, -0.05) is 0 Å². The van der Waals surface area contributed by atoms with Crippen molar-refractivity contribution in [2.24, 2.45) is 0 Å². The average molecular weight is 147 g/mol. The Kier molecular flexibility index (Phi) is 2.62. The van der Waals surface area contributed by atoms with Gasteiger partial charge in [-0.05, 0) is 6.42 Å². The topological polar surface area (TPSA) is 72.7 Å². The zero-order valence-corrected chi connectivity index (χ0v) is 5.70. The monoisotopic (exact) mass is 147 g/mol. The van der Waals surface area contributed by atoms with Crippen LogP contribution in [-0.4, -0.2) is 46.7 Å². The molecule has 0 aliphatic carbocycles. The van der Waals surface area contributed by atoms with Crippen LogP contribution in [0.2, 0.25) is 0 Å². The largest absolute Gasteiger partial charge is 0.394 e. The van der Waals surface area contributed by atoms with Crippen molar-refractivity contribution in [1.29, 1.82) is 0 Å². The lowest BCUT2D eigenvalue weighted by molar-refractivity contribution is 0.0643. The van der Waals surface area contributed by atoms with Crippen molar-refractivity contribution in [3.63, 3.8) is 0 Å². The van der Waals surface area contributed by atoms with Crippen molar-refractivity contribution < 1.29 is 15.3 Å². The van der Waals surface area contributed by atoms with Gasteiger partial charge in [0.15, 0.2) is 0 Å². The van der Waals surface area contributed by atoms with E-state index in [0.29, 0.717) is 13.0 Å². The Morgan fingerprint density at radius 2 is 2.30 bits per heavy atom. The Morgan fingerprint density at radius 1 is 1.60 bits per heavy atom. The molecule has 1 fully saturated rings. The van der Waals surface area contributed by atoms with Gasteiger partial charge in [-0.15, -0.1) is 0 Å². The zero-order chi connectivity index (χ0) is 7.56. The molecule has 4 N–H and O–H groups in total. The fraction of sp³-hybridized carbons (Fsp3) is 1.00. The molecule has 1 aliphatic rings. The van der Waals surface area contributed by atoms with E-state index < -0.39 is 6.10 Å². The van der Waals surface area contributed by atoms with E-state index in [-0.39, 0.29) is 18.8 Å². The smallest absolute Gasteiger partial charge is 0.0924 e. The first-order chi connectivity index (χ1) is 4.74. The summed E-state index contributed by atoms with van der Waals surface area (Å²) in [6, 6.07) is -0.139. The molecule has 0 aromatic heterocycles. The van der Waals surface area contributed by atoms with E-state index in [1.54, 1.807) is 0 Å². The molecule has 0 aromatic rings. The maximum atomic E-state index is 9.05. The quantitative estimate of drug-likeness (QED) is 0.367. The molecule has 0 saturated carbocycles. The van der Waals surface area contributed by atoms with Crippen LogP contribution in [0.4, 0.5) is 0 Å². The van der Waals surface area contributed by atoms with Crippen molar-refractivity contribution >= 4 is 0 Å². The van der Waals surface area contributed by atoms with Crippen LogP contribution in [0.1, 0.15) is 6.42 Å². The number of hydrogen-bond donors (Lipinski definition) is 4. The van der Waals surface area contributed by atoms with Crippen LogP contribution in [0, 0.1) is 0 Å². The Labute approximate surface area is 59.5 Å². The predicted molar refractivity (Wildman–Crippen MR) is 35.5 cm³/mol. The number of hydrogen-bond acceptors (Lipinski definition) is 4. The van der Waals surface area contributed by atoms with Gasteiger partial charge >= 0.3 is 0 Å². The maximum Gasteiger partial charge on any atom is 0.0924 e. The SMILES string of the molecule is OC[C@H](O)[C@H]1C[C@@H](O)CN1. The molecule has 0 unspecified atom stereocenters. The van der Waals surface area contributed by atoms with Crippen molar-refractivity contribution in [2.75, 3.05) is 13.2 Å². The summed E-state index contributed by atoms with van der Waals surface area (Å²) in [6.07, 6.45) is -0.579. The first-order valence-corrected chi connectivity index (χ1v) is 3.44. The summed E-state index contributed by atoms with van der Waals surface area (Å²) in [7, 11) is 0. The van der Waals surface area contributed by atoms with E-state index in [2.05, 4.69) is 5.32 Å². The molecule has 4 nitrogen and oxygen atoms in total. The second-order valence-corrected chi connectivity index (χ2v) is 2.65. The standard InChI is InChI=1S/C6H13NO3/c8-3-6(10)5-1-4(9)2-7-5/h4-10H,1-3H2/t4-,5-,6+/m1/s1. The highest BCUT2D eigenvalue weighted by molar-refractivity contribution is 4.85. The lowest BCUT2D eigenvalue weighted by Gasteiger charge is -2.14. The minimum atomic E-state index is -0.739. The highest BCUT2D eigenvalue weighted by Crippen LogP contribution is 2.09. The molecular formula is C6H13NO3. The molecular weight excluding hydrogens is 134 g/mol. The average Bonchev–Trinajstić information content (AvgIpc) is 2.34. The molecule has 0 spiro atoms. The summed E-state index contributed by atoms with van der Waals surface area (Å²) < 4.78 is 0. The van der Waals surface area contributed by atoms with E-state index in [9.17, 15) is 0 Å². The van der Waals surface area contributed by atoms with Gasteiger partial charge in [0.1, 0.15) is 0 Å². The minimum Gasteiger partial charge on any atom is -0.394 e. The Hall–Kier alpha value is -0.160. The maximum absolute atomic E-state index is 9.05. The van der Waals surface area contributed by atoms with Crippen LogP contribution in [0.25, 0.3) is 0 Å². The van der Waals surface area contributed by atoms with Gasteiger partial charge in [-0.25, -0.2) is 0 Å². The van der Waals surface area contributed by atoms with Crippen LogP contribution < -0.4 is 5.32 Å². The van der Waals surface area contributed by atoms with Crippen LogP contribution in [0.3, 0.4) is 0 Å². The molecule has 3 atom stereocenters. The molecule has 0 bridgehead atoms. The summed E-state index contributed by atoms with van der Waals surface area (Å²) in [4.78, 5) is 0. The van der Waals surface area contributed by atoms with Gasteiger partial charge < -0.3 is 20.6 Å². The molecule has 4 heteroatoms. The van der Waals surface area contributed by atoms with E-state index in [1.807, 2.05) is 0 Å². The second kappa shape index (κ2) is 3.30. The molecule has 1 rings (SSSR count). The Morgan fingerprint density at radius 3 is 2.70 bits per heavy atom. The number of nitrogens with one attached hydrogen (secondary N) is 1. The number of β-amino-alcohol motifs (C(OH)–C–C–N with tert-alkyl or cyclic N) is 1. The van der Waals surface area contributed by atoms with Crippen molar-refractivity contribution in [3.8, 4) is 0 Å². The molecule has 0 radical (unpaired) electrons. The first kappa shape index (κ1) is 7.94. The van der Waals surface area contributed by atoms with Crippen molar-refractivity contribution in [2.45, 2.75) is 24.7 Å². The van der Waals surface area contributed by atoms with E-state index in [0.717, 1.165) is 0 Å². The first-order valence-electron chi connectivity index (χ1n) is 3.44. The molecule has 1 heterocycles. The van der Waals surface area contributed by atoms with E-state index >= 15 is 0 Å². The summed E-state index contributed by atoms with van der Waals surface area (Å²) in [5, 5.41) is 29.4. The van der Waals surface area contributed by atoms with E-state index in [4.69, 9.17) is 15.3 Å². The van der Waals surface area contributed by atoms with Crippen molar-refractivity contribution in [1.82, 2.24) is 5.32 Å². The van der Waals surface area contributed by atoms with Gasteiger partial charge in [0.05, 0.1) is 18.8 Å². The molecule has 1 saturated heterocycles. The number of rotatable bonds is 2. The van der Waals surface area contributed by atoms with Gasteiger partial charge in [-0.2, -0.15) is 0 Å². The molecule has 10 heavy (non-hydrogen) atoms. The number of aliphatic hydroxyl groups is 3. The fourth-order valence-corrected chi connectivity index (χ4v) is 1.17. The lowest BCUT2D eigenvalue weighted by Crippen LogP contribution is -2.36.